The zero-order chi connectivity index (χ0) is 9.10. The van der Waals surface area contributed by atoms with Crippen molar-refractivity contribution >= 4 is 46.0 Å². The van der Waals surface area contributed by atoms with E-state index in [9.17, 15) is 0 Å². The van der Waals surface area contributed by atoms with Crippen molar-refractivity contribution in [3.63, 3.8) is 0 Å². The van der Waals surface area contributed by atoms with Crippen LogP contribution in [0.2, 0.25) is 4.34 Å². The molecule has 0 saturated carbocycles. The van der Waals surface area contributed by atoms with Crippen LogP contribution in [0.25, 0.3) is 0 Å². The van der Waals surface area contributed by atoms with E-state index in [2.05, 4.69) is 22.5 Å². The molecule has 0 aliphatic rings. The zero-order valence-corrected chi connectivity index (χ0v) is 9.77. The topological polar surface area (TPSA) is 12.9 Å². The molecular weight excluding hydrogens is 242 g/mol. The van der Waals surface area contributed by atoms with Gasteiger partial charge in [0.1, 0.15) is 9.34 Å². The Morgan fingerprint density at radius 3 is 3.08 bits per heavy atom. The predicted octanol–water partition coefficient (Wildman–Crippen LogP) is 4.15. The first-order valence-electron chi connectivity index (χ1n) is 3.61. The highest BCUT2D eigenvalue weighted by molar-refractivity contribution is 8.00. The first kappa shape index (κ1) is 9.52. The SMILES string of the molecule is Clc1cnc(CSc2cccs2)s1. The van der Waals surface area contributed by atoms with Crippen molar-refractivity contribution in [1.29, 1.82) is 0 Å². The number of nitrogens with zero attached hydrogens (tertiary/aromatic N) is 1. The third-order valence-corrected chi connectivity index (χ3v) is 4.80. The molecule has 5 heteroatoms. The molecule has 2 aromatic heterocycles. The molecule has 0 aliphatic heterocycles. The second kappa shape index (κ2) is 4.46. The van der Waals surface area contributed by atoms with E-state index in [4.69, 9.17) is 11.6 Å². The van der Waals surface area contributed by atoms with Gasteiger partial charge in [-0.3, -0.25) is 0 Å². The molecule has 0 fully saturated rings. The highest BCUT2D eigenvalue weighted by atomic mass is 35.5. The summed E-state index contributed by atoms with van der Waals surface area (Å²) in [5, 5.41) is 3.17. The van der Waals surface area contributed by atoms with Gasteiger partial charge in [-0.05, 0) is 11.4 Å². The van der Waals surface area contributed by atoms with Crippen LogP contribution in [0.5, 0.6) is 0 Å². The first-order valence-corrected chi connectivity index (χ1v) is 6.67. The largest absolute Gasteiger partial charge is 0.247 e. The molecule has 0 radical (unpaired) electrons. The van der Waals surface area contributed by atoms with Crippen LogP contribution in [0.15, 0.2) is 27.9 Å². The van der Waals surface area contributed by atoms with Crippen LogP contribution in [0.1, 0.15) is 5.01 Å². The molecule has 0 saturated heterocycles. The van der Waals surface area contributed by atoms with Gasteiger partial charge in [0.05, 0.1) is 16.2 Å². The van der Waals surface area contributed by atoms with Crippen molar-refractivity contribution in [2.75, 3.05) is 0 Å². The van der Waals surface area contributed by atoms with E-state index in [1.807, 2.05) is 0 Å². The Morgan fingerprint density at radius 2 is 2.46 bits per heavy atom. The normalized spacial score (nSPS) is 10.5. The quantitative estimate of drug-likeness (QED) is 0.756. The number of hydrogen-bond acceptors (Lipinski definition) is 4. The van der Waals surface area contributed by atoms with Gasteiger partial charge in [-0.1, -0.05) is 17.7 Å². The smallest absolute Gasteiger partial charge is 0.113 e. The summed E-state index contributed by atoms with van der Waals surface area (Å²) in [6, 6.07) is 4.17. The lowest BCUT2D eigenvalue weighted by Gasteiger charge is -1.92. The highest BCUT2D eigenvalue weighted by Crippen LogP contribution is 2.29. The minimum atomic E-state index is 0.766. The Labute approximate surface area is 93.8 Å². The molecule has 0 aliphatic carbocycles. The van der Waals surface area contributed by atoms with Gasteiger partial charge in [-0.2, -0.15) is 0 Å². The van der Waals surface area contributed by atoms with Crippen molar-refractivity contribution in [3.05, 3.63) is 33.1 Å². The second-order valence-electron chi connectivity index (χ2n) is 2.28. The number of halogens is 1. The molecule has 13 heavy (non-hydrogen) atoms. The minimum absolute atomic E-state index is 0.766. The first-order chi connectivity index (χ1) is 6.34. The number of thioether (sulfide) groups is 1. The number of aromatic nitrogens is 1. The van der Waals surface area contributed by atoms with Crippen LogP contribution in [-0.4, -0.2) is 4.98 Å². The van der Waals surface area contributed by atoms with Crippen molar-refractivity contribution in [2.24, 2.45) is 0 Å². The molecule has 0 atom stereocenters. The van der Waals surface area contributed by atoms with Gasteiger partial charge < -0.3 is 0 Å². The van der Waals surface area contributed by atoms with Crippen LogP contribution in [0, 0.1) is 0 Å². The predicted molar refractivity (Wildman–Crippen MR) is 61.0 cm³/mol. The summed E-state index contributed by atoms with van der Waals surface area (Å²) in [7, 11) is 0. The van der Waals surface area contributed by atoms with Crippen molar-refractivity contribution in [3.8, 4) is 0 Å². The lowest BCUT2D eigenvalue weighted by atomic mass is 10.7. The van der Waals surface area contributed by atoms with Gasteiger partial charge in [0, 0.05) is 0 Å². The van der Waals surface area contributed by atoms with Crippen LogP contribution in [0.3, 0.4) is 0 Å². The maximum absolute atomic E-state index is 5.77. The number of rotatable bonds is 3. The van der Waals surface area contributed by atoms with Crippen molar-refractivity contribution in [2.45, 2.75) is 9.96 Å². The Morgan fingerprint density at radius 1 is 1.54 bits per heavy atom. The molecule has 1 nitrogen and oxygen atoms in total. The van der Waals surface area contributed by atoms with E-state index in [0.29, 0.717) is 0 Å². The standard InChI is InChI=1S/C8H6ClNS3/c9-6-4-10-7(13-6)5-12-8-2-1-3-11-8/h1-4H,5H2. The molecule has 2 rings (SSSR count). The number of thiazole rings is 1. The van der Waals surface area contributed by atoms with E-state index in [1.54, 1.807) is 40.6 Å². The van der Waals surface area contributed by atoms with Gasteiger partial charge in [0.2, 0.25) is 0 Å². The third-order valence-electron chi connectivity index (χ3n) is 1.36. The molecule has 68 valence electrons. The lowest BCUT2D eigenvalue weighted by Crippen LogP contribution is -1.74. The minimum Gasteiger partial charge on any atom is -0.247 e. The fraction of sp³-hybridized carbons (Fsp3) is 0.125. The molecule has 0 aromatic carbocycles. The van der Waals surface area contributed by atoms with E-state index >= 15 is 0 Å². The fourth-order valence-corrected chi connectivity index (χ4v) is 3.58. The Balaban J connectivity index is 1.93. The van der Waals surface area contributed by atoms with Gasteiger partial charge in [-0.25, -0.2) is 4.98 Å². The Hall–Kier alpha value is -0.0300. The molecule has 0 bridgehead atoms. The van der Waals surface area contributed by atoms with Gasteiger partial charge in [0.15, 0.2) is 0 Å². The van der Waals surface area contributed by atoms with Gasteiger partial charge in [0.25, 0.3) is 0 Å². The summed E-state index contributed by atoms with van der Waals surface area (Å²) < 4.78 is 2.09. The monoisotopic (exact) mass is 247 g/mol. The fourth-order valence-electron chi connectivity index (χ4n) is 0.833. The zero-order valence-electron chi connectivity index (χ0n) is 6.57. The summed E-state index contributed by atoms with van der Waals surface area (Å²) in [5.41, 5.74) is 0. The van der Waals surface area contributed by atoms with Gasteiger partial charge >= 0.3 is 0 Å². The average molecular weight is 248 g/mol. The molecular formula is C8H6ClNS3. The van der Waals surface area contributed by atoms with E-state index < -0.39 is 0 Å². The van der Waals surface area contributed by atoms with Crippen LogP contribution < -0.4 is 0 Å². The molecule has 0 unspecified atom stereocenters. The van der Waals surface area contributed by atoms with Crippen LogP contribution in [0.4, 0.5) is 0 Å². The summed E-state index contributed by atoms with van der Waals surface area (Å²) in [6.45, 7) is 0. The summed E-state index contributed by atoms with van der Waals surface area (Å²) in [5.74, 6) is 0.915. The van der Waals surface area contributed by atoms with Crippen molar-refractivity contribution < 1.29 is 0 Å². The molecule has 2 heterocycles. The summed E-state index contributed by atoms with van der Waals surface area (Å²) in [4.78, 5) is 4.19. The number of hydrogen-bond donors (Lipinski definition) is 0. The van der Waals surface area contributed by atoms with Crippen molar-refractivity contribution in [1.82, 2.24) is 4.98 Å². The molecule has 0 amide bonds. The van der Waals surface area contributed by atoms with E-state index in [-0.39, 0.29) is 0 Å². The third kappa shape index (κ3) is 2.71. The van der Waals surface area contributed by atoms with Crippen LogP contribution >= 0.6 is 46.0 Å². The van der Waals surface area contributed by atoms with E-state index in [0.717, 1.165) is 15.1 Å². The summed E-state index contributed by atoms with van der Waals surface area (Å²) in [6.07, 6.45) is 1.70. The van der Waals surface area contributed by atoms with E-state index in [1.165, 1.54) is 4.21 Å². The Bertz CT molecular complexity index is 368. The van der Waals surface area contributed by atoms with Crippen LogP contribution in [-0.2, 0) is 5.75 Å². The maximum Gasteiger partial charge on any atom is 0.113 e. The second-order valence-corrected chi connectivity index (χ2v) is 6.25. The lowest BCUT2D eigenvalue weighted by molar-refractivity contribution is 1.27. The average Bonchev–Trinajstić information content (AvgIpc) is 2.71. The molecule has 0 spiro atoms. The molecule has 0 N–H and O–H groups in total. The highest BCUT2D eigenvalue weighted by Gasteiger charge is 2.01. The molecule has 2 aromatic rings. The number of thiophene rings is 1. The summed E-state index contributed by atoms with van der Waals surface area (Å²) >= 11 is 10.9. The maximum atomic E-state index is 5.77. The van der Waals surface area contributed by atoms with Gasteiger partial charge in [-0.15, -0.1) is 34.4 Å². The Kier molecular flexibility index (Phi) is 3.27.